The number of benzene rings is 1. The largest absolute Gasteiger partial charge is 0.355 e. The van der Waals surface area contributed by atoms with Gasteiger partial charge in [-0.25, -0.2) is 8.42 Å². The van der Waals surface area contributed by atoms with Crippen molar-refractivity contribution in [2.24, 2.45) is 11.7 Å². The number of hydrogen-bond donors (Lipinski definition) is 2. The number of nitrogens with one attached hydrogen (secondary N) is 1. The average molecular weight is 377 g/mol. The molecule has 1 aromatic carbocycles. The molecule has 0 spiro atoms. The van der Waals surface area contributed by atoms with Gasteiger partial charge in [-0.2, -0.15) is 0 Å². The van der Waals surface area contributed by atoms with Crippen LogP contribution in [0.4, 0.5) is 0 Å². The van der Waals surface area contributed by atoms with E-state index in [1.807, 2.05) is 24.3 Å². The normalized spacial score (nSPS) is 12.9. The predicted octanol–water partition coefficient (Wildman–Crippen LogP) is 1.12. The van der Waals surface area contributed by atoms with Crippen LogP contribution >= 0.6 is 15.9 Å². The van der Waals surface area contributed by atoms with Crippen molar-refractivity contribution < 1.29 is 13.2 Å². The molecule has 0 saturated heterocycles. The van der Waals surface area contributed by atoms with E-state index in [-0.39, 0.29) is 17.6 Å². The molecule has 1 unspecified atom stereocenters. The fourth-order valence-corrected chi connectivity index (χ4v) is 3.13. The molecule has 0 bridgehead atoms. The summed E-state index contributed by atoms with van der Waals surface area (Å²) < 4.78 is 23.6. The monoisotopic (exact) mass is 376 g/mol. The number of rotatable bonds is 8. The van der Waals surface area contributed by atoms with Gasteiger partial charge in [-0.15, -0.1) is 0 Å². The summed E-state index contributed by atoms with van der Waals surface area (Å²) in [5.74, 6) is -0.522. The van der Waals surface area contributed by atoms with E-state index in [0.29, 0.717) is 25.9 Å². The Hall–Kier alpha value is -0.920. The van der Waals surface area contributed by atoms with Crippen molar-refractivity contribution in [3.05, 3.63) is 34.3 Å². The van der Waals surface area contributed by atoms with Gasteiger partial charge in [0.25, 0.3) is 0 Å². The van der Waals surface area contributed by atoms with Crippen molar-refractivity contribution in [3.63, 3.8) is 0 Å². The Labute approximate surface area is 134 Å². The van der Waals surface area contributed by atoms with Gasteiger partial charge in [0.2, 0.25) is 5.91 Å². The molecule has 0 aliphatic heterocycles. The SMILES string of the molecule is CS(=O)(=O)CCC(Cc1cccc(Br)c1)C(=O)NCCN. The lowest BCUT2D eigenvalue weighted by Gasteiger charge is -2.16. The summed E-state index contributed by atoms with van der Waals surface area (Å²) in [6.07, 6.45) is 1.99. The van der Waals surface area contributed by atoms with Crippen molar-refractivity contribution in [1.82, 2.24) is 5.32 Å². The van der Waals surface area contributed by atoms with Gasteiger partial charge in [-0.3, -0.25) is 4.79 Å². The van der Waals surface area contributed by atoms with Crippen LogP contribution in [0.15, 0.2) is 28.7 Å². The van der Waals surface area contributed by atoms with Crippen molar-refractivity contribution in [2.45, 2.75) is 12.8 Å². The summed E-state index contributed by atoms with van der Waals surface area (Å²) >= 11 is 3.39. The van der Waals surface area contributed by atoms with Crippen LogP contribution < -0.4 is 11.1 Å². The highest BCUT2D eigenvalue weighted by atomic mass is 79.9. The van der Waals surface area contributed by atoms with Crippen LogP contribution in [-0.2, 0) is 21.1 Å². The molecule has 5 nitrogen and oxygen atoms in total. The van der Waals surface area contributed by atoms with Crippen molar-refractivity contribution in [2.75, 3.05) is 25.1 Å². The van der Waals surface area contributed by atoms with Crippen LogP contribution in [-0.4, -0.2) is 39.4 Å². The molecule has 1 rings (SSSR count). The van der Waals surface area contributed by atoms with Gasteiger partial charge in [0.1, 0.15) is 9.84 Å². The average Bonchev–Trinajstić information content (AvgIpc) is 2.39. The van der Waals surface area contributed by atoms with Gasteiger partial charge in [0.15, 0.2) is 0 Å². The molecule has 0 saturated carbocycles. The molecule has 0 fully saturated rings. The van der Waals surface area contributed by atoms with Crippen LogP contribution in [0.3, 0.4) is 0 Å². The Bertz CT molecular complexity index is 575. The van der Waals surface area contributed by atoms with Gasteiger partial charge in [0.05, 0.1) is 5.75 Å². The molecule has 0 heterocycles. The van der Waals surface area contributed by atoms with Crippen LogP contribution in [0, 0.1) is 5.92 Å². The Morgan fingerprint density at radius 2 is 2.14 bits per heavy atom. The molecule has 118 valence electrons. The van der Waals surface area contributed by atoms with E-state index >= 15 is 0 Å². The predicted molar refractivity (Wildman–Crippen MR) is 87.7 cm³/mol. The second-order valence-electron chi connectivity index (χ2n) is 5.03. The fourth-order valence-electron chi connectivity index (χ4n) is 1.97. The van der Waals surface area contributed by atoms with Crippen molar-refractivity contribution in [1.29, 1.82) is 0 Å². The minimum Gasteiger partial charge on any atom is -0.355 e. The highest BCUT2D eigenvalue weighted by molar-refractivity contribution is 9.10. The molecule has 3 N–H and O–H groups in total. The van der Waals surface area contributed by atoms with Crippen LogP contribution in [0.25, 0.3) is 0 Å². The van der Waals surface area contributed by atoms with Gasteiger partial charge in [0, 0.05) is 29.7 Å². The van der Waals surface area contributed by atoms with E-state index < -0.39 is 9.84 Å². The fraction of sp³-hybridized carbons (Fsp3) is 0.500. The molecular weight excluding hydrogens is 356 g/mol. The third-order valence-corrected chi connectivity index (χ3v) is 4.49. The first-order valence-corrected chi connectivity index (χ1v) is 9.57. The van der Waals surface area contributed by atoms with Gasteiger partial charge >= 0.3 is 0 Å². The summed E-state index contributed by atoms with van der Waals surface area (Å²) in [5, 5.41) is 2.73. The zero-order chi connectivity index (χ0) is 15.9. The third kappa shape index (κ3) is 7.59. The summed E-state index contributed by atoms with van der Waals surface area (Å²) in [6, 6.07) is 7.66. The molecule has 21 heavy (non-hydrogen) atoms. The van der Waals surface area contributed by atoms with E-state index in [9.17, 15) is 13.2 Å². The summed E-state index contributed by atoms with van der Waals surface area (Å²) in [7, 11) is -3.09. The Kier molecular flexibility index (Phi) is 7.34. The molecule has 1 atom stereocenters. The van der Waals surface area contributed by atoms with Gasteiger partial charge in [-0.1, -0.05) is 28.1 Å². The quantitative estimate of drug-likeness (QED) is 0.711. The Morgan fingerprint density at radius 1 is 1.43 bits per heavy atom. The third-order valence-electron chi connectivity index (χ3n) is 3.02. The number of carbonyl (C=O) groups is 1. The summed E-state index contributed by atoms with van der Waals surface area (Å²) in [5.41, 5.74) is 6.37. The second kappa shape index (κ2) is 8.51. The summed E-state index contributed by atoms with van der Waals surface area (Å²) in [4.78, 5) is 12.1. The van der Waals surface area contributed by atoms with Crippen molar-refractivity contribution in [3.8, 4) is 0 Å². The first-order valence-electron chi connectivity index (χ1n) is 6.72. The minimum absolute atomic E-state index is 0.00170. The molecule has 0 radical (unpaired) electrons. The van der Waals surface area contributed by atoms with Crippen LogP contribution in [0.2, 0.25) is 0 Å². The maximum absolute atomic E-state index is 12.1. The smallest absolute Gasteiger partial charge is 0.223 e. The zero-order valence-electron chi connectivity index (χ0n) is 12.0. The number of sulfone groups is 1. The van der Waals surface area contributed by atoms with Crippen LogP contribution in [0.1, 0.15) is 12.0 Å². The second-order valence-corrected chi connectivity index (χ2v) is 8.20. The highest BCUT2D eigenvalue weighted by Crippen LogP contribution is 2.18. The number of halogens is 1. The van der Waals surface area contributed by atoms with Gasteiger partial charge < -0.3 is 11.1 Å². The molecule has 1 aromatic rings. The minimum atomic E-state index is -3.09. The first-order chi connectivity index (χ1) is 9.81. The van der Waals surface area contributed by atoms with E-state index in [1.165, 1.54) is 6.26 Å². The first kappa shape index (κ1) is 18.1. The Balaban J connectivity index is 2.77. The lowest BCUT2D eigenvalue weighted by Crippen LogP contribution is -2.36. The molecule has 1 amide bonds. The van der Waals surface area contributed by atoms with Crippen LogP contribution in [0.5, 0.6) is 0 Å². The number of hydrogen-bond acceptors (Lipinski definition) is 4. The number of carbonyl (C=O) groups excluding carboxylic acids is 1. The zero-order valence-corrected chi connectivity index (χ0v) is 14.4. The van der Waals surface area contributed by atoms with E-state index in [1.54, 1.807) is 0 Å². The topological polar surface area (TPSA) is 89.3 Å². The van der Waals surface area contributed by atoms with Gasteiger partial charge in [-0.05, 0) is 30.5 Å². The summed E-state index contributed by atoms with van der Waals surface area (Å²) in [6.45, 7) is 0.758. The number of nitrogens with two attached hydrogens (primary N) is 1. The lowest BCUT2D eigenvalue weighted by atomic mass is 9.96. The van der Waals surface area contributed by atoms with E-state index in [2.05, 4.69) is 21.2 Å². The van der Waals surface area contributed by atoms with E-state index in [4.69, 9.17) is 5.73 Å². The molecule has 0 aliphatic carbocycles. The maximum Gasteiger partial charge on any atom is 0.223 e. The molecule has 7 heteroatoms. The molecule has 0 aliphatic rings. The van der Waals surface area contributed by atoms with Crippen molar-refractivity contribution >= 4 is 31.7 Å². The maximum atomic E-state index is 12.1. The Morgan fingerprint density at radius 3 is 2.71 bits per heavy atom. The standard InChI is InChI=1S/C14H21BrN2O3S/c1-21(19,20)8-5-12(14(18)17-7-6-16)9-11-3-2-4-13(15)10-11/h2-4,10,12H,5-9,16H2,1H3,(H,17,18). The molecule has 0 aromatic heterocycles. The number of amides is 1. The molecular formula is C14H21BrN2O3S. The highest BCUT2D eigenvalue weighted by Gasteiger charge is 2.20. The van der Waals surface area contributed by atoms with E-state index in [0.717, 1.165) is 10.0 Å². The lowest BCUT2D eigenvalue weighted by molar-refractivity contribution is -0.124.